The molecule has 3 aromatic rings. The Hall–Kier alpha value is -2.50. The van der Waals surface area contributed by atoms with Gasteiger partial charge in [-0.3, -0.25) is 0 Å². The van der Waals surface area contributed by atoms with E-state index in [0.29, 0.717) is 18.7 Å². The van der Waals surface area contributed by atoms with Crippen LogP contribution in [-0.4, -0.2) is 24.8 Å². The van der Waals surface area contributed by atoms with Crippen LogP contribution in [0.1, 0.15) is 23.2 Å². The largest absolute Gasteiger partial charge is 0.384 e. The maximum absolute atomic E-state index is 14.0. The minimum Gasteiger partial charge on any atom is -0.384 e. The second-order valence-electron chi connectivity index (χ2n) is 7.05. The first-order chi connectivity index (χ1) is 13.7. The molecular weight excluding hydrogens is 358 g/mol. The molecule has 5 heteroatoms. The maximum atomic E-state index is 14.0. The molecule has 0 bridgehead atoms. The topological polar surface area (TPSA) is 18.6 Å². The molecule has 1 N–H and O–H groups in total. The van der Waals surface area contributed by atoms with Gasteiger partial charge < -0.3 is 14.2 Å². The molecule has 1 atom stereocenters. The molecule has 28 heavy (non-hydrogen) atoms. The average Bonchev–Trinajstić information content (AvgIpc) is 3.10. The van der Waals surface area contributed by atoms with Gasteiger partial charge in [-0.1, -0.05) is 30.3 Å². The Morgan fingerprint density at radius 3 is 2.61 bits per heavy atom. The highest BCUT2D eigenvalue weighted by Crippen LogP contribution is 2.11. The van der Waals surface area contributed by atoms with Crippen LogP contribution in [0, 0.1) is 11.6 Å². The predicted octanol–water partition coefficient (Wildman–Crippen LogP) is 3.44. The van der Waals surface area contributed by atoms with Crippen molar-refractivity contribution in [3.8, 4) is 0 Å². The Bertz CT molecular complexity index is 878. The third kappa shape index (κ3) is 5.75. The number of hydrogen-bond acceptors (Lipinski definition) is 1. The molecule has 0 radical (unpaired) electrons. The zero-order valence-corrected chi connectivity index (χ0v) is 16.2. The fraction of sp³-hybridized carbons (Fsp3) is 0.304. The molecule has 1 unspecified atom stereocenters. The summed E-state index contributed by atoms with van der Waals surface area (Å²) >= 11 is 0. The number of methoxy groups -OCH3 is 1. The van der Waals surface area contributed by atoms with E-state index < -0.39 is 0 Å². The molecule has 0 aliphatic heterocycles. The quantitative estimate of drug-likeness (QED) is 0.530. The molecule has 148 valence electrons. The number of benzene rings is 2. The third-order valence-corrected chi connectivity index (χ3v) is 4.88. The summed E-state index contributed by atoms with van der Waals surface area (Å²) in [5.74, 6) is -0.400. The van der Waals surface area contributed by atoms with Crippen molar-refractivity contribution in [3.05, 3.63) is 95.3 Å². The van der Waals surface area contributed by atoms with E-state index in [1.807, 2.05) is 30.5 Å². The van der Waals surface area contributed by atoms with Crippen molar-refractivity contribution in [2.75, 3.05) is 20.3 Å². The van der Waals surface area contributed by atoms with E-state index in [2.05, 4.69) is 10.6 Å². The lowest BCUT2D eigenvalue weighted by molar-refractivity contribution is -0.928. The molecule has 3 nitrogen and oxygen atoms in total. The number of ether oxygens (including phenoxy) is 1. The van der Waals surface area contributed by atoms with Crippen LogP contribution in [-0.2, 0) is 24.4 Å². The first kappa shape index (κ1) is 20.2. The van der Waals surface area contributed by atoms with Crippen molar-refractivity contribution in [1.29, 1.82) is 0 Å². The van der Waals surface area contributed by atoms with Crippen molar-refractivity contribution >= 4 is 0 Å². The summed E-state index contributed by atoms with van der Waals surface area (Å²) in [7, 11) is 1.70. The van der Waals surface area contributed by atoms with Gasteiger partial charge in [0.25, 0.3) is 0 Å². The second kappa shape index (κ2) is 10.2. The number of nitrogens with zero attached hydrogens (tertiary/aromatic N) is 1. The summed E-state index contributed by atoms with van der Waals surface area (Å²) in [5, 5.41) is 0. The van der Waals surface area contributed by atoms with Crippen molar-refractivity contribution in [2.45, 2.75) is 26.1 Å². The van der Waals surface area contributed by atoms with Crippen LogP contribution in [0.4, 0.5) is 8.78 Å². The predicted molar refractivity (Wildman–Crippen MR) is 106 cm³/mol. The molecular formula is C23H27F2N2O+. The van der Waals surface area contributed by atoms with E-state index in [-0.39, 0.29) is 11.6 Å². The van der Waals surface area contributed by atoms with Crippen LogP contribution >= 0.6 is 0 Å². The normalized spacial score (nSPS) is 12.2. The highest BCUT2D eigenvalue weighted by molar-refractivity contribution is 5.19. The Morgan fingerprint density at radius 1 is 0.964 bits per heavy atom. The average molecular weight is 385 g/mol. The monoisotopic (exact) mass is 385 g/mol. The van der Waals surface area contributed by atoms with E-state index in [1.165, 1.54) is 17.0 Å². The lowest BCUT2D eigenvalue weighted by atomic mass is 10.2. The van der Waals surface area contributed by atoms with Gasteiger partial charge in [-0.2, -0.15) is 0 Å². The molecule has 0 aliphatic carbocycles. The summed E-state index contributed by atoms with van der Waals surface area (Å²) in [6, 6.07) is 17.7. The SMILES string of the molecule is COCCC[NH+](Cc1cccc(F)c1)Cc1cccn1Cc1ccccc1F. The van der Waals surface area contributed by atoms with Gasteiger partial charge in [0.1, 0.15) is 24.7 Å². The summed E-state index contributed by atoms with van der Waals surface area (Å²) in [6.45, 7) is 3.62. The zero-order chi connectivity index (χ0) is 19.8. The molecule has 0 spiro atoms. The van der Waals surface area contributed by atoms with E-state index >= 15 is 0 Å². The molecule has 0 saturated carbocycles. The first-order valence-electron chi connectivity index (χ1n) is 9.60. The van der Waals surface area contributed by atoms with Crippen LogP contribution in [0.15, 0.2) is 66.9 Å². The van der Waals surface area contributed by atoms with Crippen molar-refractivity contribution in [1.82, 2.24) is 4.57 Å². The van der Waals surface area contributed by atoms with Crippen LogP contribution < -0.4 is 4.90 Å². The third-order valence-electron chi connectivity index (χ3n) is 4.88. The molecule has 1 heterocycles. The van der Waals surface area contributed by atoms with Gasteiger partial charge in [-0.05, 0) is 30.3 Å². The van der Waals surface area contributed by atoms with Crippen LogP contribution in [0.2, 0.25) is 0 Å². The Labute approximate surface area is 165 Å². The van der Waals surface area contributed by atoms with Crippen LogP contribution in [0.3, 0.4) is 0 Å². The van der Waals surface area contributed by atoms with E-state index in [4.69, 9.17) is 4.74 Å². The molecule has 3 rings (SSSR count). The molecule has 0 saturated heterocycles. The molecule has 2 aromatic carbocycles. The number of halogens is 2. The van der Waals surface area contributed by atoms with Gasteiger partial charge in [0.15, 0.2) is 0 Å². The molecule has 0 fully saturated rings. The fourth-order valence-corrected chi connectivity index (χ4v) is 3.47. The first-order valence-corrected chi connectivity index (χ1v) is 9.60. The van der Waals surface area contributed by atoms with Crippen molar-refractivity contribution in [2.24, 2.45) is 0 Å². The maximum Gasteiger partial charge on any atom is 0.128 e. The Morgan fingerprint density at radius 2 is 1.82 bits per heavy atom. The highest BCUT2D eigenvalue weighted by atomic mass is 19.1. The Kier molecular flexibility index (Phi) is 7.34. The van der Waals surface area contributed by atoms with Crippen molar-refractivity contribution < 1.29 is 18.4 Å². The van der Waals surface area contributed by atoms with Crippen LogP contribution in [0.5, 0.6) is 0 Å². The van der Waals surface area contributed by atoms with Gasteiger partial charge in [-0.15, -0.1) is 0 Å². The number of nitrogens with one attached hydrogen (secondary N) is 1. The Balaban J connectivity index is 1.73. The van der Waals surface area contributed by atoms with Gasteiger partial charge in [0, 0.05) is 30.9 Å². The molecule has 0 amide bonds. The van der Waals surface area contributed by atoms with Crippen molar-refractivity contribution in [3.63, 3.8) is 0 Å². The number of rotatable bonds is 10. The number of hydrogen-bond donors (Lipinski definition) is 1. The van der Waals surface area contributed by atoms with Gasteiger partial charge in [-0.25, -0.2) is 8.78 Å². The van der Waals surface area contributed by atoms with Gasteiger partial charge in [0.05, 0.1) is 25.4 Å². The standard InChI is InChI=1S/C23H26F2N2O/c1-28-14-6-12-26(16-19-7-4-9-21(24)15-19)18-22-10-5-13-27(22)17-20-8-2-3-11-23(20)25/h2-5,7-11,13,15H,6,12,14,16-18H2,1H3/p+1. The minimum absolute atomic E-state index is 0.189. The molecule has 1 aromatic heterocycles. The zero-order valence-electron chi connectivity index (χ0n) is 16.2. The summed E-state index contributed by atoms with van der Waals surface area (Å²) < 4.78 is 34.9. The number of quaternary nitrogens is 1. The summed E-state index contributed by atoms with van der Waals surface area (Å²) in [5.41, 5.74) is 2.78. The van der Waals surface area contributed by atoms with Gasteiger partial charge >= 0.3 is 0 Å². The minimum atomic E-state index is -0.211. The smallest absolute Gasteiger partial charge is 0.128 e. The fourth-order valence-electron chi connectivity index (χ4n) is 3.47. The van der Waals surface area contributed by atoms with Crippen LogP contribution in [0.25, 0.3) is 0 Å². The van der Waals surface area contributed by atoms with E-state index in [1.54, 1.807) is 25.3 Å². The van der Waals surface area contributed by atoms with Gasteiger partial charge in [0.2, 0.25) is 0 Å². The lowest BCUT2D eigenvalue weighted by Gasteiger charge is -2.21. The summed E-state index contributed by atoms with van der Waals surface area (Å²) in [4.78, 5) is 1.32. The highest BCUT2D eigenvalue weighted by Gasteiger charge is 2.14. The molecule has 0 aliphatic rings. The lowest BCUT2D eigenvalue weighted by Crippen LogP contribution is -3.09. The van der Waals surface area contributed by atoms with E-state index in [0.717, 1.165) is 37.3 Å². The summed E-state index contributed by atoms with van der Waals surface area (Å²) in [6.07, 6.45) is 2.91. The second-order valence-corrected chi connectivity index (χ2v) is 7.05. The van der Waals surface area contributed by atoms with E-state index in [9.17, 15) is 8.78 Å². The number of aromatic nitrogens is 1.